The van der Waals surface area contributed by atoms with Crippen LogP contribution in [0.3, 0.4) is 0 Å². The van der Waals surface area contributed by atoms with Crippen LogP contribution in [0.2, 0.25) is 0 Å². The van der Waals surface area contributed by atoms with E-state index in [1.54, 1.807) is 6.07 Å². The molecular weight excluding hydrogens is 404 g/mol. The van der Waals surface area contributed by atoms with Crippen LogP contribution in [0.1, 0.15) is 40.9 Å². The van der Waals surface area contributed by atoms with Crippen molar-refractivity contribution in [2.75, 3.05) is 38.0 Å². The van der Waals surface area contributed by atoms with Crippen molar-refractivity contribution in [1.82, 2.24) is 25.1 Å². The Hall–Kier alpha value is -3.00. The van der Waals surface area contributed by atoms with Crippen molar-refractivity contribution in [3.8, 4) is 0 Å². The van der Waals surface area contributed by atoms with Crippen LogP contribution in [-0.2, 0) is 17.8 Å². The van der Waals surface area contributed by atoms with Crippen LogP contribution >= 0.6 is 0 Å². The number of carbonyl (C=O) groups is 2. The van der Waals surface area contributed by atoms with E-state index in [1.807, 2.05) is 4.90 Å². The molecule has 8 heteroatoms. The van der Waals surface area contributed by atoms with Crippen LogP contribution in [0, 0.1) is 5.92 Å². The first kappa shape index (κ1) is 20.9. The van der Waals surface area contributed by atoms with Crippen LogP contribution in [-0.4, -0.2) is 70.3 Å². The minimum Gasteiger partial charge on any atom is -0.364 e. The zero-order valence-corrected chi connectivity index (χ0v) is 18.3. The first-order valence-electron chi connectivity index (χ1n) is 11.6. The molecule has 168 valence electrons. The first-order valence-corrected chi connectivity index (χ1v) is 11.6. The number of hydrogen-bond donors (Lipinski definition) is 2. The molecule has 3 heterocycles. The van der Waals surface area contributed by atoms with E-state index in [0.29, 0.717) is 31.1 Å². The molecule has 1 aliphatic carbocycles. The monoisotopic (exact) mass is 434 g/mol. The number of fused-ring (bicyclic) bond motifs is 1. The highest BCUT2D eigenvalue weighted by Gasteiger charge is 2.39. The number of rotatable bonds is 8. The van der Waals surface area contributed by atoms with Gasteiger partial charge in [0.25, 0.3) is 5.91 Å². The number of likely N-dealkylation sites (tertiary alicyclic amines) is 1. The van der Waals surface area contributed by atoms with E-state index in [1.165, 1.54) is 17.5 Å². The third kappa shape index (κ3) is 4.91. The summed E-state index contributed by atoms with van der Waals surface area (Å²) >= 11 is 0. The summed E-state index contributed by atoms with van der Waals surface area (Å²) < 4.78 is 0. The third-order valence-electron chi connectivity index (χ3n) is 6.52. The van der Waals surface area contributed by atoms with E-state index in [4.69, 9.17) is 0 Å². The maximum Gasteiger partial charge on any atom is 0.270 e. The Balaban J connectivity index is 1.03. The highest BCUT2D eigenvalue weighted by Crippen LogP contribution is 2.32. The van der Waals surface area contributed by atoms with Crippen molar-refractivity contribution >= 4 is 17.6 Å². The number of nitrogens with one attached hydrogen (secondary N) is 2. The molecule has 2 fully saturated rings. The SMILES string of the molecule is O=C(NCCCN1CCc2ccccc2C1)c1cc(NC2CN(C(=O)C3CC3)C2)ncn1. The summed E-state index contributed by atoms with van der Waals surface area (Å²) in [5, 5.41) is 6.28. The number of anilines is 1. The van der Waals surface area contributed by atoms with E-state index in [0.717, 1.165) is 45.3 Å². The summed E-state index contributed by atoms with van der Waals surface area (Å²) in [5.74, 6) is 0.981. The van der Waals surface area contributed by atoms with E-state index < -0.39 is 0 Å². The minimum atomic E-state index is -0.182. The second-order valence-electron chi connectivity index (χ2n) is 9.05. The average molecular weight is 435 g/mol. The fourth-order valence-electron chi connectivity index (χ4n) is 4.45. The van der Waals surface area contributed by atoms with Crippen molar-refractivity contribution in [3.63, 3.8) is 0 Å². The molecule has 0 bridgehead atoms. The summed E-state index contributed by atoms with van der Waals surface area (Å²) in [6, 6.07) is 10.5. The molecule has 32 heavy (non-hydrogen) atoms. The summed E-state index contributed by atoms with van der Waals surface area (Å²) in [4.78, 5) is 37.2. The van der Waals surface area contributed by atoms with Gasteiger partial charge in [0.15, 0.2) is 0 Å². The van der Waals surface area contributed by atoms with Gasteiger partial charge in [0.05, 0.1) is 6.04 Å². The van der Waals surface area contributed by atoms with E-state index in [9.17, 15) is 9.59 Å². The Labute approximate surface area is 188 Å². The standard InChI is InChI=1S/C24H30N6O2/c31-23(25-9-3-10-29-11-8-17-4-1-2-5-19(17)13-29)21-12-22(27-16-26-21)28-20-14-30(15-20)24(32)18-6-7-18/h1-2,4-5,12,16,18,20H,3,6-11,13-15H2,(H,25,31)(H,26,27,28). The minimum absolute atomic E-state index is 0.179. The molecule has 0 unspecified atom stereocenters. The molecule has 2 amide bonds. The highest BCUT2D eigenvalue weighted by molar-refractivity contribution is 5.92. The van der Waals surface area contributed by atoms with Crippen LogP contribution in [0.4, 0.5) is 5.82 Å². The van der Waals surface area contributed by atoms with Crippen molar-refractivity contribution in [3.05, 3.63) is 53.5 Å². The van der Waals surface area contributed by atoms with Gasteiger partial charge in [0.1, 0.15) is 17.8 Å². The maximum atomic E-state index is 12.5. The number of amides is 2. The second kappa shape index (κ2) is 9.24. The fraction of sp³-hybridized carbons (Fsp3) is 0.500. The molecule has 2 N–H and O–H groups in total. The Morgan fingerprint density at radius 1 is 1.09 bits per heavy atom. The predicted octanol–water partition coefficient (Wildman–Crippen LogP) is 1.69. The van der Waals surface area contributed by atoms with Crippen LogP contribution in [0.5, 0.6) is 0 Å². The molecule has 1 saturated heterocycles. The summed E-state index contributed by atoms with van der Waals surface area (Å²) in [6.07, 6.45) is 5.46. The summed E-state index contributed by atoms with van der Waals surface area (Å²) in [6.45, 7) is 5.02. The lowest BCUT2D eigenvalue weighted by Crippen LogP contribution is -2.57. The highest BCUT2D eigenvalue weighted by atomic mass is 16.2. The molecule has 0 radical (unpaired) electrons. The van der Waals surface area contributed by atoms with Gasteiger partial charge in [-0.25, -0.2) is 9.97 Å². The van der Waals surface area contributed by atoms with Crippen molar-refractivity contribution in [1.29, 1.82) is 0 Å². The lowest BCUT2D eigenvalue weighted by atomic mass is 10.00. The van der Waals surface area contributed by atoms with Crippen LogP contribution < -0.4 is 10.6 Å². The second-order valence-corrected chi connectivity index (χ2v) is 9.05. The van der Waals surface area contributed by atoms with Crippen LogP contribution in [0.15, 0.2) is 36.7 Å². The van der Waals surface area contributed by atoms with Gasteiger partial charge in [-0.2, -0.15) is 0 Å². The lowest BCUT2D eigenvalue weighted by molar-refractivity contribution is -0.136. The number of benzene rings is 1. The molecule has 2 aliphatic heterocycles. The predicted molar refractivity (Wildman–Crippen MR) is 121 cm³/mol. The number of carbonyl (C=O) groups excluding carboxylic acids is 2. The summed E-state index contributed by atoms with van der Waals surface area (Å²) in [5.41, 5.74) is 3.23. The van der Waals surface area contributed by atoms with Crippen LogP contribution in [0.25, 0.3) is 0 Å². The Morgan fingerprint density at radius 2 is 1.91 bits per heavy atom. The maximum absolute atomic E-state index is 12.5. The van der Waals surface area contributed by atoms with Gasteiger partial charge < -0.3 is 15.5 Å². The third-order valence-corrected chi connectivity index (χ3v) is 6.52. The molecule has 8 nitrogen and oxygen atoms in total. The number of aromatic nitrogens is 2. The van der Waals surface area contributed by atoms with Crippen molar-refractivity contribution in [2.24, 2.45) is 5.92 Å². The fourth-order valence-corrected chi connectivity index (χ4v) is 4.45. The van der Waals surface area contributed by atoms with E-state index in [-0.39, 0.29) is 23.8 Å². The van der Waals surface area contributed by atoms with Gasteiger partial charge in [-0.15, -0.1) is 0 Å². The zero-order chi connectivity index (χ0) is 21.9. The first-order chi connectivity index (χ1) is 15.7. The quantitative estimate of drug-likeness (QED) is 0.615. The number of hydrogen-bond acceptors (Lipinski definition) is 6. The van der Waals surface area contributed by atoms with Gasteiger partial charge in [-0.05, 0) is 36.8 Å². The molecule has 1 aromatic carbocycles. The molecule has 1 aromatic heterocycles. The molecule has 0 spiro atoms. The normalized spacial score (nSPS) is 18.6. The van der Waals surface area contributed by atoms with Gasteiger partial charge in [-0.1, -0.05) is 24.3 Å². The van der Waals surface area contributed by atoms with Gasteiger partial charge in [-0.3, -0.25) is 14.5 Å². The van der Waals surface area contributed by atoms with E-state index >= 15 is 0 Å². The van der Waals surface area contributed by atoms with Gasteiger partial charge in [0.2, 0.25) is 5.91 Å². The average Bonchev–Trinajstić information content (AvgIpc) is 3.64. The molecular formula is C24H30N6O2. The zero-order valence-electron chi connectivity index (χ0n) is 18.3. The van der Waals surface area contributed by atoms with Gasteiger partial charge >= 0.3 is 0 Å². The largest absolute Gasteiger partial charge is 0.364 e. The van der Waals surface area contributed by atoms with Crippen molar-refractivity contribution in [2.45, 2.75) is 38.3 Å². The molecule has 2 aromatic rings. The Bertz CT molecular complexity index is 986. The van der Waals surface area contributed by atoms with Gasteiger partial charge in [0, 0.05) is 51.3 Å². The van der Waals surface area contributed by atoms with E-state index in [2.05, 4.69) is 49.8 Å². The Morgan fingerprint density at radius 3 is 2.72 bits per heavy atom. The topological polar surface area (TPSA) is 90.5 Å². The summed E-state index contributed by atoms with van der Waals surface area (Å²) in [7, 11) is 0. The molecule has 0 atom stereocenters. The number of nitrogens with zero attached hydrogens (tertiary/aromatic N) is 4. The lowest BCUT2D eigenvalue weighted by Gasteiger charge is -2.40. The molecule has 1 saturated carbocycles. The Kier molecular flexibility index (Phi) is 6.03. The molecule has 5 rings (SSSR count). The smallest absolute Gasteiger partial charge is 0.270 e. The molecule has 3 aliphatic rings. The van der Waals surface area contributed by atoms with Crippen molar-refractivity contribution < 1.29 is 9.59 Å².